The Labute approximate surface area is 173 Å². The molecule has 0 radical (unpaired) electrons. The molecule has 7 heteroatoms. The number of nitrogens with zero attached hydrogens (tertiary/aromatic N) is 2. The average molecular weight is 416 g/mol. The number of hydrogen-bond acceptors (Lipinski definition) is 4. The second-order valence-electron chi connectivity index (χ2n) is 7.53. The molecule has 1 atom stereocenters. The third-order valence-corrected chi connectivity index (χ3v) is 7.33. The van der Waals surface area contributed by atoms with E-state index in [-0.39, 0.29) is 16.8 Å². The van der Waals surface area contributed by atoms with Crippen LogP contribution in [0.25, 0.3) is 0 Å². The number of rotatable bonds is 6. The summed E-state index contributed by atoms with van der Waals surface area (Å²) in [5.74, 6) is -0.285. The predicted molar refractivity (Wildman–Crippen MR) is 114 cm³/mol. The van der Waals surface area contributed by atoms with E-state index in [1.807, 2.05) is 26.1 Å². The molecule has 0 saturated carbocycles. The van der Waals surface area contributed by atoms with Crippen molar-refractivity contribution >= 4 is 15.9 Å². The van der Waals surface area contributed by atoms with E-state index < -0.39 is 10.0 Å². The fourth-order valence-corrected chi connectivity index (χ4v) is 4.85. The Hall–Kier alpha value is -2.22. The van der Waals surface area contributed by atoms with Crippen LogP contribution in [0.15, 0.2) is 53.4 Å². The van der Waals surface area contributed by atoms with Gasteiger partial charge in [-0.15, -0.1) is 0 Å². The van der Waals surface area contributed by atoms with Gasteiger partial charge in [0.05, 0.1) is 10.9 Å². The third kappa shape index (κ3) is 5.04. The number of amides is 1. The number of likely N-dealkylation sites (N-methyl/N-ethyl adjacent to an activating group) is 1. The molecule has 29 heavy (non-hydrogen) atoms. The first-order valence-electron chi connectivity index (χ1n) is 9.99. The van der Waals surface area contributed by atoms with Gasteiger partial charge in [-0.05, 0) is 49.7 Å². The summed E-state index contributed by atoms with van der Waals surface area (Å²) in [6.45, 7) is 6.34. The highest BCUT2D eigenvalue weighted by molar-refractivity contribution is 7.89. The number of carbonyl (C=O) groups is 1. The van der Waals surface area contributed by atoms with Crippen molar-refractivity contribution in [2.24, 2.45) is 0 Å². The minimum Gasteiger partial charge on any atom is -0.346 e. The molecule has 2 aromatic rings. The van der Waals surface area contributed by atoms with Gasteiger partial charge in [0.1, 0.15) is 0 Å². The Morgan fingerprint density at radius 2 is 1.72 bits per heavy atom. The highest BCUT2D eigenvalue weighted by Gasteiger charge is 2.28. The van der Waals surface area contributed by atoms with Crippen LogP contribution in [0.3, 0.4) is 0 Å². The molecule has 0 aromatic heterocycles. The maximum absolute atomic E-state index is 12.9. The molecule has 1 unspecified atom stereocenters. The normalized spacial score (nSPS) is 17.1. The Morgan fingerprint density at radius 1 is 1.07 bits per heavy atom. The summed E-state index contributed by atoms with van der Waals surface area (Å²) in [7, 11) is -1.63. The molecule has 6 nitrogen and oxygen atoms in total. The topological polar surface area (TPSA) is 69.7 Å². The summed E-state index contributed by atoms with van der Waals surface area (Å²) in [4.78, 5) is 15.0. The highest BCUT2D eigenvalue weighted by atomic mass is 32.2. The summed E-state index contributed by atoms with van der Waals surface area (Å²) in [5, 5.41) is 2.96. The maximum Gasteiger partial charge on any atom is 0.251 e. The van der Waals surface area contributed by atoms with E-state index in [4.69, 9.17) is 0 Å². The van der Waals surface area contributed by atoms with Crippen LogP contribution < -0.4 is 5.32 Å². The smallest absolute Gasteiger partial charge is 0.251 e. The van der Waals surface area contributed by atoms with Gasteiger partial charge < -0.3 is 10.2 Å². The second kappa shape index (κ2) is 9.07. The van der Waals surface area contributed by atoms with Crippen LogP contribution in [-0.4, -0.2) is 56.8 Å². The molecule has 1 heterocycles. The Balaban J connectivity index is 1.73. The predicted octanol–water partition coefficient (Wildman–Crippen LogP) is 2.68. The zero-order valence-corrected chi connectivity index (χ0v) is 18.1. The number of aryl methyl sites for hydroxylation is 1. The molecule has 1 aliphatic rings. The van der Waals surface area contributed by atoms with E-state index >= 15 is 0 Å². The van der Waals surface area contributed by atoms with Crippen LogP contribution in [0.1, 0.15) is 41.4 Å². The minimum atomic E-state index is -3.60. The second-order valence-corrected chi connectivity index (χ2v) is 9.46. The van der Waals surface area contributed by atoms with Crippen molar-refractivity contribution < 1.29 is 13.2 Å². The van der Waals surface area contributed by atoms with Gasteiger partial charge in [0.2, 0.25) is 10.0 Å². The van der Waals surface area contributed by atoms with E-state index in [2.05, 4.69) is 29.3 Å². The number of nitrogens with one attached hydrogen (secondary N) is 1. The molecule has 0 aliphatic carbocycles. The lowest BCUT2D eigenvalue weighted by Gasteiger charge is -2.31. The molecule has 1 saturated heterocycles. The monoisotopic (exact) mass is 415 g/mol. The lowest BCUT2D eigenvalue weighted by Crippen LogP contribution is -2.47. The molecular weight excluding hydrogens is 386 g/mol. The lowest BCUT2D eigenvalue weighted by molar-refractivity contribution is 0.0939. The van der Waals surface area contributed by atoms with Gasteiger partial charge >= 0.3 is 0 Å². The van der Waals surface area contributed by atoms with Crippen LogP contribution in [-0.2, 0) is 16.4 Å². The van der Waals surface area contributed by atoms with Crippen LogP contribution in [0.4, 0.5) is 0 Å². The van der Waals surface area contributed by atoms with Crippen molar-refractivity contribution in [2.45, 2.75) is 31.2 Å². The van der Waals surface area contributed by atoms with Crippen molar-refractivity contribution in [1.29, 1.82) is 0 Å². The van der Waals surface area contributed by atoms with E-state index in [0.717, 1.165) is 12.0 Å². The van der Waals surface area contributed by atoms with E-state index in [1.165, 1.54) is 15.9 Å². The van der Waals surface area contributed by atoms with Gasteiger partial charge in [0.15, 0.2) is 0 Å². The number of piperazine rings is 1. The summed E-state index contributed by atoms with van der Waals surface area (Å²) in [5.41, 5.74) is 2.60. The van der Waals surface area contributed by atoms with Crippen LogP contribution in [0, 0.1) is 0 Å². The molecule has 0 bridgehead atoms. The van der Waals surface area contributed by atoms with Crippen molar-refractivity contribution in [3.8, 4) is 0 Å². The summed E-state index contributed by atoms with van der Waals surface area (Å²) >= 11 is 0. The first-order chi connectivity index (χ1) is 13.8. The Morgan fingerprint density at radius 3 is 2.34 bits per heavy atom. The van der Waals surface area contributed by atoms with Crippen molar-refractivity contribution in [3.63, 3.8) is 0 Å². The van der Waals surface area contributed by atoms with Crippen molar-refractivity contribution in [2.75, 3.05) is 33.2 Å². The van der Waals surface area contributed by atoms with Gasteiger partial charge in [-0.1, -0.05) is 37.3 Å². The zero-order valence-electron chi connectivity index (χ0n) is 17.3. The summed E-state index contributed by atoms with van der Waals surface area (Å²) in [6, 6.07) is 14.3. The van der Waals surface area contributed by atoms with Gasteiger partial charge in [0.25, 0.3) is 5.91 Å². The van der Waals surface area contributed by atoms with Gasteiger partial charge in [-0.2, -0.15) is 4.31 Å². The lowest BCUT2D eigenvalue weighted by atomic mass is 10.0. The molecule has 1 amide bonds. The van der Waals surface area contributed by atoms with Crippen molar-refractivity contribution in [1.82, 2.24) is 14.5 Å². The van der Waals surface area contributed by atoms with Crippen molar-refractivity contribution in [3.05, 3.63) is 65.2 Å². The molecule has 2 aromatic carbocycles. The fraction of sp³-hybridized carbons (Fsp3) is 0.409. The summed E-state index contributed by atoms with van der Waals surface area (Å²) < 4.78 is 27.4. The summed E-state index contributed by atoms with van der Waals surface area (Å²) in [6.07, 6.45) is 0.968. The maximum atomic E-state index is 12.9. The largest absolute Gasteiger partial charge is 0.346 e. The molecule has 1 fully saturated rings. The number of sulfonamides is 1. The molecule has 156 valence electrons. The Kier molecular flexibility index (Phi) is 6.72. The molecule has 0 spiro atoms. The zero-order chi connectivity index (χ0) is 21.0. The van der Waals surface area contributed by atoms with Gasteiger partial charge in [0, 0.05) is 31.7 Å². The molecular formula is C22H29N3O3S. The Bertz CT molecular complexity index is 950. The highest BCUT2D eigenvalue weighted by Crippen LogP contribution is 2.20. The number of benzene rings is 2. The molecule has 1 N–H and O–H groups in total. The number of hydrogen-bond donors (Lipinski definition) is 1. The minimum absolute atomic E-state index is 0.162. The fourth-order valence-electron chi connectivity index (χ4n) is 3.38. The standard InChI is InChI=1S/C22H29N3O3S/c1-4-18-8-10-19(11-9-18)17(2)23-22(26)20-6-5-7-21(16-20)29(27,28)25-14-12-24(3)13-15-25/h5-11,16-17H,4,12-15H2,1-3H3,(H,23,26). The number of carbonyl (C=O) groups excluding carboxylic acids is 1. The van der Waals surface area contributed by atoms with Crippen LogP contribution in [0.2, 0.25) is 0 Å². The van der Waals surface area contributed by atoms with E-state index in [9.17, 15) is 13.2 Å². The van der Waals surface area contributed by atoms with Crippen LogP contribution >= 0.6 is 0 Å². The average Bonchev–Trinajstić information content (AvgIpc) is 2.74. The first-order valence-corrected chi connectivity index (χ1v) is 11.4. The third-order valence-electron chi connectivity index (χ3n) is 5.43. The SMILES string of the molecule is CCc1ccc(C(C)NC(=O)c2cccc(S(=O)(=O)N3CCN(C)CC3)c2)cc1. The van der Waals surface area contributed by atoms with Crippen LogP contribution in [0.5, 0.6) is 0 Å². The van der Waals surface area contributed by atoms with E-state index in [0.29, 0.717) is 31.7 Å². The van der Waals surface area contributed by atoms with Gasteiger partial charge in [-0.25, -0.2) is 8.42 Å². The first kappa shape index (κ1) is 21.5. The quantitative estimate of drug-likeness (QED) is 0.788. The van der Waals surface area contributed by atoms with Gasteiger partial charge in [-0.3, -0.25) is 4.79 Å². The molecule has 1 aliphatic heterocycles. The molecule has 3 rings (SSSR count). The van der Waals surface area contributed by atoms with E-state index in [1.54, 1.807) is 18.2 Å².